The van der Waals surface area contributed by atoms with E-state index < -0.39 is 15.3 Å². The van der Waals surface area contributed by atoms with Gasteiger partial charge in [-0.3, -0.25) is 9.78 Å². The van der Waals surface area contributed by atoms with E-state index in [-0.39, 0.29) is 33.2 Å². The lowest BCUT2D eigenvalue weighted by Crippen LogP contribution is -2.68. The predicted molar refractivity (Wildman–Crippen MR) is 237 cm³/mol. The summed E-state index contributed by atoms with van der Waals surface area (Å²) in [5, 5.41) is 4.24. The maximum Gasteiger partial charge on any atom is 0.315 e. The summed E-state index contributed by atoms with van der Waals surface area (Å²) in [7, 11) is -2.87. The smallest absolute Gasteiger partial charge is 0.315 e. The molecule has 4 saturated carbocycles. The molecule has 10 atom stereocenters. The molecule has 59 heavy (non-hydrogen) atoms. The van der Waals surface area contributed by atoms with Gasteiger partial charge in [0, 0.05) is 44.1 Å². The molecule has 2 heterocycles. The zero-order valence-electron chi connectivity index (χ0n) is 37.5. The quantitative estimate of drug-likeness (QED) is 0.174. The molecule has 0 radical (unpaired) electrons. The summed E-state index contributed by atoms with van der Waals surface area (Å²) >= 11 is 0. The van der Waals surface area contributed by atoms with Crippen molar-refractivity contribution in [1.29, 1.82) is 0 Å². The number of pyridine rings is 1. The molecule has 7 aliphatic rings. The molecule has 0 bridgehead atoms. The van der Waals surface area contributed by atoms with Crippen molar-refractivity contribution in [2.45, 2.75) is 131 Å². The fraction of sp³-hybridized carbons (Fsp3) is 0.760. The Labute approximate surface area is 356 Å². The van der Waals surface area contributed by atoms with Crippen LogP contribution in [0, 0.1) is 56.7 Å². The van der Waals surface area contributed by atoms with E-state index in [1.54, 1.807) is 12.4 Å². The first-order chi connectivity index (χ1) is 27.9. The van der Waals surface area contributed by atoms with Gasteiger partial charge in [0.05, 0.1) is 18.1 Å². The number of nitrogens with zero attached hydrogens (tertiary/aromatic N) is 2. The van der Waals surface area contributed by atoms with Crippen LogP contribution in [0.25, 0.3) is 0 Å². The molecule has 0 spiro atoms. The normalized spacial score (nSPS) is 41.2. The Morgan fingerprint density at radius 3 is 2.34 bits per heavy atom. The van der Waals surface area contributed by atoms with Gasteiger partial charge in [-0.05, 0) is 165 Å². The van der Waals surface area contributed by atoms with Gasteiger partial charge in [0.25, 0.3) is 0 Å². The number of nitrogens with one attached hydrogen (secondary N) is 1. The summed E-state index contributed by atoms with van der Waals surface area (Å²) in [5.41, 5.74) is 4.59. The molecule has 6 aliphatic carbocycles. The van der Waals surface area contributed by atoms with Crippen LogP contribution in [0.1, 0.15) is 126 Å². The highest BCUT2D eigenvalue weighted by molar-refractivity contribution is 7.91. The Morgan fingerprint density at radius 2 is 1.66 bits per heavy atom. The van der Waals surface area contributed by atoms with E-state index in [0.717, 1.165) is 38.1 Å². The van der Waals surface area contributed by atoms with Crippen molar-refractivity contribution in [1.82, 2.24) is 15.2 Å². The van der Waals surface area contributed by atoms with Gasteiger partial charge in [-0.25, -0.2) is 8.42 Å². The number of hydrogen-bond acceptors (Lipinski definition) is 8. The Morgan fingerprint density at radius 1 is 0.915 bits per heavy atom. The van der Waals surface area contributed by atoms with E-state index in [2.05, 4.69) is 75.5 Å². The first-order valence-electron chi connectivity index (χ1n) is 23.4. The average molecular weight is 830 g/mol. The second kappa shape index (κ2) is 15.7. The number of esters is 1. The highest BCUT2D eigenvalue weighted by Crippen LogP contribution is 2.76. The molecule has 1 saturated heterocycles. The molecule has 8 nitrogen and oxygen atoms in total. The highest BCUT2D eigenvalue weighted by Gasteiger charge is 2.70. The number of sulfone groups is 1. The zero-order valence-corrected chi connectivity index (χ0v) is 38.4. The molecule has 9 heteroatoms. The Bertz CT molecular complexity index is 1930. The second-order valence-electron chi connectivity index (χ2n) is 21.7. The molecule has 1 aliphatic heterocycles. The van der Waals surface area contributed by atoms with E-state index in [1.165, 1.54) is 68.1 Å². The van der Waals surface area contributed by atoms with Crippen LogP contribution < -0.4 is 10.1 Å². The average Bonchev–Trinajstić information content (AvgIpc) is 3.59. The standard InChI is InChI=1S/C50H75N3O5S/c1-9-57-44(54)49(34-58-37-17-26-51-27-18-37)21-12-36(13-22-49)39-15-19-46(6)41(45(39,4)5)16-20-48(8)42(46)11-10-40-43-38(35(2)3)14-23-50(43,25-24-47(40,48)7)52-28-29-53-30-32-59(55,56)33-31-53/h12,15,17-18,26-27,38,40-43,52H,2,9-11,13-14,16,19-25,28-34H2,1,3-8H3/t38-,40+,41?,42?,43+,46-,47+,48+,49?,50-/m0/s1. The summed E-state index contributed by atoms with van der Waals surface area (Å²) < 4.78 is 36.1. The number of carbonyl (C=O) groups is 1. The first-order valence-corrected chi connectivity index (χ1v) is 25.2. The molecular weight excluding hydrogens is 755 g/mol. The summed E-state index contributed by atoms with van der Waals surface area (Å²) in [6.45, 7) is 25.9. The largest absolute Gasteiger partial charge is 0.492 e. The lowest BCUT2D eigenvalue weighted by atomic mass is 9.33. The van der Waals surface area contributed by atoms with Gasteiger partial charge in [0.2, 0.25) is 0 Å². The second-order valence-corrected chi connectivity index (χ2v) is 24.0. The monoisotopic (exact) mass is 830 g/mol. The van der Waals surface area contributed by atoms with E-state index >= 15 is 0 Å². The van der Waals surface area contributed by atoms with Crippen molar-refractivity contribution in [2.24, 2.45) is 56.7 Å². The fourth-order valence-corrected chi connectivity index (χ4v) is 16.8. The van der Waals surface area contributed by atoms with Gasteiger partial charge in [0.1, 0.15) is 17.8 Å². The number of aromatic nitrogens is 1. The molecule has 1 aromatic heterocycles. The number of hydrogen-bond donors (Lipinski definition) is 1. The van der Waals surface area contributed by atoms with Crippen molar-refractivity contribution >= 4 is 15.8 Å². The maximum atomic E-state index is 13.5. The number of ether oxygens (including phenoxy) is 2. The van der Waals surface area contributed by atoms with Crippen molar-refractivity contribution in [2.75, 3.05) is 50.9 Å². The van der Waals surface area contributed by atoms with Crippen LogP contribution in [0.4, 0.5) is 0 Å². The molecule has 5 fully saturated rings. The molecule has 8 rings (SSSR count). The highest BCUT2D eigenvalue weighted by atomic mass is 32.2. The minimum atomic E-state index is -2.87. The van der Waals surface area contributed by atoms with Crippen LogP contribution in [-0.2, 0) is 19.4 Å². The topological polar surface area (TPSA) is 97.8 Å². The minimum absolute atomic E-state index is 0.0378. The van der Waals surface area contributed by atoms with Gasteiger partial charge >= 0.3 is 5.97 Å². The van der Waals surface area contributed by atoms with Crippen LogP contribution in [-0.4, -0.2) is 80.7 Å². The first kappa shape index (κ1) is 43.2. The molecule has 0 amide bonds. The van der Waals surface area contributed by atoms with Crippen LogP contribution in [0.3, 0.4) is 0 Å². The molecular formula is C50H75N3O5S. The van der Waals surface area contributed by atoms with Gasteiger partial charge in [-0.2, -0.15) is 0 Å². The molecule has 0 aromatic carbocycles. The Kier molecular flexibility index (Phi) is 11.5. The Balaban J connectivity index is 1.01. The van der Waals surface area contributed by atoms with Crippen molar-refractivity contribution < 1.29 is 22.7 Å². The molecule has 3 unspecified atom stereocenters. The van der Waals surface area contributed by atoms with E-state index in [1.807, 2.05) is 19.1 Å². The number of allylic oxidation sites excluding steroid dienone is 5. The van der Waals surface area contributed by atoms with E-state index in [0.29, 0.717) is 73.8 Å². The van der Waals surface area contributed by atoms with Crippen molar-refractivity contribution in [3.05, 3.63) is 60.0 Å². The van der Waals surface area contributed by atoms with Gasteiger partial charge in [0.15, 0.2) is 9.84 Å². The minimum Gasteiger partial charge on any atom is -0.492 e. The number of rotatable bonds is 11. The van der Waals surface area contributed by atoms with Gasteiger partial charge in [-0.1, -0.05) is 58.9 Å². The molecule has 1 N–H and O–H groups in total. The lowest BCUT2D eigenvalue weighted by Gasteiger charge is -2.72. The third kappa shape index (κ3) is 7.21. The summed E-state index contributed by atoms with van der Waals surface area (Å²) in [5.74, 6) is 4.30. The molecule has 326 valence electrons. The Hall–Kier alpha value is -2.49. The van der Waals surface area contributed by atoms with Crippen molar-refractivity contribution in [3.8, 4) is 5.75 Å². The summed E-state index contributed by atoms with van der Waals surface area (Å²) in [6, 6.07) is 3.70. The lowest BCUT2D eigenvalue weighted by molar-refractivity contribution is -0.221. The predicted octanol–water partition coefficient (Wildman–Crippen LogP) is 9.39. The summed E-state index contributed by atoms with van der Waals surface area (Å²) in [6.07, 6.45) is 22.0. The fourth-order valence-electron chi connectivity index (χ4n) is 15.5. The summed E-state index contributed by atoms with van der Waals surface area (Å²) in [4.78, 5) is 20.0. The maximum absolute atomic E-state index is 13.5. The van der Waals surface area contributed by atoms with E-state index in [9.17, 15) is 13.2 Å². The number of fused-ring (bicyclic) bond motifs is 7. The molecule has 1 aromatic rings. The van der Waals surface area contributed by atoms with Crippen LogP contribution in [0.15, 0.2) is 60.0 Å². The van der Waals surface area contributed by atoms with Crippen LogP contribution in [0.2, 0.25) is 0 Å². The van der Waals surface area contributed by atoms with Crippen LogP contribution >= 0.6 is 0 Å². The van der Waals surface area contributed by atoms with Crippen molar-refractivity contribution in [3.63, 3.8) is 0 Å². The zero-order chi connectivity index (χ0) is 42.1. The third-order valence-electron chi connectivity index (χ3n) is 18.8. The number of carbonyl (C=O) groups excluding carboxylic acids is 1. The van der Waals surface area contributed by atoms with Gasteiger partial charge in [-0.15, -0.1) is 0 Å². The van der Waals surface area contributed by atoms with Crippen LogP contribution in [0.5, 0.6) is 5.75 Å². The SMILES string of the molecule is C=C(C)[C@@H]1CC[C@]2(NCCN3CCS(=O)(=O)CC3)CC[C@]3(C)[C@H](CCC4[C@@]5(C)CC=C(C6=CCC(COc7ccncc7)(C(=O)OCC)CC6)C(C)(C)C5CC[C@]43C)[C@@H]12. The van der Waals surface area contributed by atoms with E-state index in [4.69, 9.17) is 9.47 Å². The van der Waals surface area contributed by atoms with Gasteiger partial charge < -0.3 is 19.7 Å². The third-order valence-corrected chi connectivity index (χ3v) is 20.4.